The average molecular weight is 154 g/mol. The number of hydrogen-bond acceptors (Lipinski definition) is 2. The summed E-state index contributed by atoms with van der Waals surface area (Å²) in [6.45, 7) is 2.06. The van der Waals surface area contributed by atoms with Gasteiger partial charge in [0.1, 0.15) is 0 Å². The lowest BCUT2D eigenvalue weighted by molar-refractivity contribution is 0.155. The van der Waals surface area contributed by atoms with Crippen molar-refractivity contribution >= 4 is 11.3 Å². The zero-order valence-corrected chi connectivity index (χ0v) is 6.74. The fourth-order valence-corrected chi connectivity index (χ4v) is 2.28. The Bertz CT molecular complexity index is 248. The van der Waals surface area contributed by atoms with Crippen molar-refractivity contribution in [1.82, 2.24) is 0 Å². The molecule has 0 aliphatic heterocycles. The smallest absolute Gasteiger partial charge is 0.0992 e. The summed E-state index contributed by atoms with van der Waals surface area (Å²) < 4.78 is 0. The minimum Gasteiger partial charge on any atom is -0.384 e. The Morgan fingerprint density at radius 2 is 2.30 bits per heavy atom. The lowest BCUT2D eigenvalue weighted by Gasteiger charge is -2.04. The predicted octanol–water partition coefficient (Wildman–Crippen LogP) is 2.04. The molecule has 1 aliphatic rings. The van der Waals surface area contributed by atoms with Crippen LogP contribution in [-0.4, -0.2) is 5.11 Å². The lowest BCUT2D eigenvalue weighted by Crippen LogP contribution is -2.02. The second-order valence-electron chi connectivity index (χ2n) is 2.96. The van der Waals surface area contributed by atoms with Gasteiger partial charge in [-0.3, -0.25) is 0 Å². The zero-order valence-electron chi connectivity index (χ0n) is 5.92. The van der Waals surface area contributed by atoms with E-state index in [0.717, 1.165) is 12.8 Å². The van der Waals surface area contributed by atoms with Gasteiger partial charge in [0.05, 0.1) is 5.60 Å². The van der Waals surface area contributed by atoms with Crippen molar-refractivity contribution in [2.24, 2.45) is 0 Å². The summed E-state index contributed by atoms with van der Waals surface area (Å²) in [5.74, 6) is 0. The molecule has 1 aliphatic carbocycles. The highest BCUT2D eigenvalue weighted by molar-refractivity contribution is 7.10. The minimum absolute atomic E-state index is 0.418. The fourth-order valence-electron chi connectivity index (χ4n) is 1.19. The predicted molar refractivity (Wildman–Crippen MR) is 42.2 cm³/mol. The first-order valence-electron chi connectivity index (χ1n) is 3.49. The van der Waals surface area contributed by atoms with Crippen LogP contribution in [-0.2, 0) is 5.60 Å². The second-order valence-corrected chi connectivity index (χ2v) is 3.88. The first kappa shape index (κ1) is 6.38. The van der Waals surface area contributed by atoms with Crippen molar-refractivity contribution in [3.63, 3.8) is 0 Å². The lowest BCUT2D eigenvalue weighted by atomic mass is 10.2. The molecule has 2 rings (SSSR count). The summed E-state index contributed by atoms with van der Waals surface area (Å²) in [5.41, 5.74) is 0.822. The highest BCUT2D eigenvalue weighted by Gasteiger charge is 2.43. The first-order valence-corrected chi connectivity index (χ1v) is 4.37. The summed E-state index contributed by atoms with van der Waals surface area (Å²) in [6, 6.07) is 2.07. The van der Waals surface area contributed by atoms with Gasteiger partial charge in [0.15, 0.2) is 0 Å². The van der Waals surface area contributed by atoms with Crippen molar-refractivity contribution in [3.05, 3.63) is 21.9 Å². The van der Waals surface area contributed by atoms with Crippen molar-refractivity contribution in [2.75, 3.05) is 0 Å². The summed E-state index contributed by atoms with van der Waals surface area (Å²) in [7, 11) is 0. The van der Waals surface area contributed by atoms with Gasteiger partial charge < -0.3 is 5.11 Å². The largest absolute Gasteiger partial charge is 0.384 e. The first-order chi connectivity index (χ1) is 4.72. The van der Waals surface area contributed by atoms with E-state index in [1.165, 1.54) is 10.4 Å². The summed E-state index contributed by atoms with van der Waals surface area (Å²) >= 11 is 1.67. The van der Waals surface area contributed by atoms with Crippen LogP contribution in [0, 0.1) is 6.92 Å². The van der Waals surface area contributed by atoms with Gasteiger partial charge in [-0.25, -0.2) is 0 Å². The maximum absolute atomic E-state index is 9.68. The fraction of sp³-hybridized carbons (Fsp3) is 0.500. The Balaban J connectivity index is 2.42. The topological polar surface area (TPSA) is 20.2 Å². The third-order valence-corrected chi connectivity index (χ3v) is 3.22. The molecule has 0 bridgehead atoms. The Morgan fingerprint density at radius 3 is 2.70 bits per heavy atom. The molecule has 1 nitrogen and oxygen atoms in total. The van der Waals surface area contributed by atoms with Gasteiger partial charge in [-0.15, -0.1) is 11.3 Å². The Hall–Kier alpha value is -0.340. The second kappa shape index (κ2) is 1.83. The molecule has 1 heterocycles. The molecule has 2 heteroatoms. The zero-order chi connectivity index (χ0) is 7.19. The normalized spacial score (nSPS) is 21.0. The van der Waals surface area contributed by atoms with Crippen LogP contribution in [0.4, 0.5) is 0 Å². The summed E-state index contributed by atoms with van der Waals surface area (Å²) in [4.78, 5) is 1.17. The van der Waals surface area contributed by atoms with Crippen molar-refractivity contribution < 1.29 is 5.11 Å². The van der Waals surface area contributed by atoms with Gasteiger partial charge in [-0.1, -0.05) is 0 Å². The van der Waals surface area contributed by atoms with E-state index in [0.29, 0.717) is 0 Å². The molecule has 1 N–H and O–H groups in total. The molecule has 1 aromatic rings. The quantitative estimate of drug-likeness (QED) is 0.656. The molecular formula is C8H10OS. The van der Waals surface area contributed by atoms with Crippen LogP contribution in [0.5, 0.6) is 0 Å². The SMILES string of the molecule is Cc1ccsc1C1(O)CC1. The Kier molecular flexibility index (Phi) is 1.17. The Labute approximate surface area is 64.3 Å². The molecule has 10 heavy (non-hydrogen) atoms. The summed E-state index contributed by atoms with van der Waals surface area (Å²) in [6.07, 6.45) is 1.91. The molecule has 0 saturated heterocycles. The molecule has 54 valence electrons. The van der Waals surface area contributed by atoms with Crippen LogP contribution in [0.15, 0.2) is 11.4 Å². The van der Waals surface area contributed by atoms with Gasteiger partial charge in [0.25, 0.3) is 0 Å². The van der Waals surface area contributed by atoms with Crippen LogP contribution in [0.25, 0.3) is 0 Å². The van der Waals surface area contributed by atoms with Gasteiger partial charge in [0, 0.05) is 4.88 Å². The van der Waals surface area contributed by atoms with E-state index in [-0.39, 0.29) is 0 Å². The van der Waals surface area contributed by atoms with Gasteiger partial charge >= 0.3 is 0 Å². The highest BCUT2D eigenvalue weighted by Crippen LogP contribution is 2.48. The van der Waals surface area contributed by atoms with Gasteiger partial charge in [-0.05, 0) is 36.8 Å². The molecule has 1 aromatic heterocycles. The molecular weight excluding hydrogens is 144 g/mol. The number of rotatable bonds is 1. The maximum Gasteiger partial charge on any atom is 0.0992 e. The molecule has 0 amide bonds. The van der Waals surface area contributed by atoms with Crippen LogP contribution in [0.3, 0.4) is 0 Å². The van der Waals surface area contributed by atoms with E-state index in [4.69, 9.17) is 0 Å². The van der Waals surface area contributed by atoms with Crippen molar-refractivity contribution in [2.45, 2.75) is 25.4 Å². The van der Waals surface area contributed by atoms with Crippen LogP contribution >= 0.6 is 11.3 Å². The monoisotopic (exact) mass is 154 g/mol. The third kappa shape index (κ3) is 0.796. The molecule has 1 fully saturated rings. The van der Waals surface area contributed by atoms with Crippen molar-refractivity contribution in [1.29, 1.82) is 0 Å². The van der Waals surface area contributed by atoms with E-state index in [1.54, 1.807) is 11.3 Å². The maximum atomic E-state index is 9.68. The van der Waals surface area contributed by atoms with E-state index >= 15 is 0 Å². The molecule has 0 unspecified atom stereocenters. The van der Waals surface area contributed by atoms with Crippen molar-refractivity contribution in [3.8, 4) is 0 Å². The van der Waals surface area contributed by atoms with Crippen LogP contribution < -0.4 is 0 Å². The third-order valence-electron chi connectivity index (χ3n) is 2.01. The average Bonchev–Trinajstić information content (AvgIpc) is 2.44. The molecule has 0 atom stereocenters. The van der Waals surface area contributed by atoms with E-state index in [9.17, 15) is 5.11 Å². The molecule has 1 saturated carbocycles. The van der Waals surface area contributed by atoms with E-state index in [2.05, 4.69) is 13.0 Å². The van der Waals surface area contributed by atoms with Gasteiger partial charge in [0.2, 0.25) is 0 Å². The van der Waals surface area contributed by atoms with E-state index < -0.39 is 5.60 Å². The van der Waals surface area contributed by atoms with Crippen LogP contribution in [0.1, 0.15) is 23.3 Å². The van der Waals surface area contributed by atoms with E-state index in [1.807, 2.05) is 5.38 Å². The molecule has 0 spiro atoms. The van der Waals surface area contributed by atoms with Gasteiger partial charge in [-0.2, -0.15) is 0 Å². The Morgan fingerprint density at radius 1 is 1.60 bits per heavy atom. The number of aliphatic hydroxyl groups is 1. The standard InChI is InChI=1S/C8H10OS/c1-6-2-5-10-7(6)8(9)3-4-8/h2,5,9H,3-4H2,1H3. The number of thiophene rings is 1. The minimum atomic E-state index is -0.418. The molecule has 0 aromatic carbocycles. The molecule has 0 radical (unpaired) electrons. The van der Waals surface area contributed by atoms with Crippen LogP contribution in [0.2, 0.25) is 0 Å². The number of hydrogen-bond donors (Lipinski definition) is 1. The number of aryl methyl sites for hydroxylation is 1. The highest BCUT2D eigenvalue weighted by atomic mass is 32.1. The summed E-state index contributed by atoms with van der Waals surface area (Å²) in [5, 5.41) is 11.7.